The molecule has 4 aliphatic rings. The first-order valence-corrected chi connectivity index (χ1v) is 49.2. The van der Waals surface area contributed by atoms with Gasteiger partial charge in [0.05, 0.1) is 90.8 Å². The number of hydrogen-bond donors (Lipinski definition) is 10. The Balaban J connectivity index is 1.09. The molecule has 0 saturated carbocycles. The molecule has 0 spiro atoms. The second kappa shape index (κ2) is 66.5. The second-order valence-corrected chi connectivity index (χ2v) is 37.7. The van der Waals surface area contributed by atoms with Crippen LogP contribution in [0, 0.1) is 56.3 Å². The third kappa shape index (κ3) is 45.3. The van der Waals surface area contributed by atoms with Crippen LogP contribution < -0.4 is 14.8 Å². The minimum absolute atomic E-state index is 0.0152. The normalized spacial score (nSPS) is 25.1. The van der Waals surface area contributed by atoms with Gasteiger partial charge in [0.2, 0.25) is 5.91 Å². The van der Waals surface area contributed by atoms with Crippen molar-refractivity contribution in [1.29, 1.82) is 0 Å². The lowest BCUT2D eigenvalue weighted by molar-refractivity contribution is -0.282. The molecule has 3 fully saturated rings. The van der Waals surface area contributed by atoms with E-state index in [1.807, 2.05) is 13.8 Å². The average Bonchev–Trinajstić information content (AvgIpc) is 0.785. The molecule has 3 saturated heterocycles. The maximum Gasteiger partial charge on any atom is 0.313 e. The molecule has 4 heterocycles. The summed E-state index contributed by atoms with van der Waals surface area (Å²) < 4.78 is 95.9. The van der Waals surface area contributed by atoms with E-state index in [1.54, 1.807) is 20.8 Å². The maximum absolute atomic E-state index is 14.1. The van der Waals surface area contributed by atoms with E-state index in [1.165, 1.54) is 44.9 Å². The van der Waals surface area contributed by atoms with Gasteiger partial charge in [-0.05, 0) is 184 Å². The van der Waals surface area contributed by atoms with Crippen LogP contribution in [0.4, 0.5) is 0 Å². The van der Waals surface area contributed by atoms with E-state index in [9.17, 15) is 69.9 Å². The lowest BCUT2D eigenvalue weighted by atomic mass is 9.83. The second-order valence-electron chi connectivity index (χ2n) is 37.7. The van der Waals surface area contributed by atoms with Gasteiger partial charge in [-0.2, -0.15) is 0 Å². The van der Waals surface area contributed by atoms with Gasteiger partial charge in [-0.15, -0.1) is 0 Å². The van der Waals surface area contributed by atoms with Crippen molar-refractivity contribution in [2.24, 2.45) is 35.5 Å². The smallest absolute Gasteiger partial charge is 0.313 e. The van der Waals surface area contributed by atoms with Gasteiger partial charge in [-0.1, -0.05) is 93.4 Å². The highest BCUT2D eigenvalue weighted by atomic mass is 16.7. The van der Waals surface area contributed by atoms with Crippen LogP contribution in [0.15, 0.2) is 0 Å². The van der Waals surface area contributed by atoms with Gasteiger partial charge in [0, 0.05) is 148 Å². The Morgan fingerprint density at radius 1 is 0.395 bits per heavy atom. The first kappa shape index (κ1) is 116. The summed E-state index contributed by atoms with van der Waals surface area (Å²) in [7, 11) is 0. The van der Waals surface area contributed by atoms with Gasteiger partial charge in [-0.3, -0.25) is 24.0 Å². The molecule has 15 unspecified atom stereocenters. The summed E-state index contributed by atoms with van der Waals surface area (Å²) in [6, 6.07) is 0. The van der Waals surface area contributed by atoms with E-state index in [2.05, 4.69) is 46.9 Å². The number of fused-ring (bicyclic) bond motifs is 1. The minimum Gasteiger partial charge on any atom is -0.487 e. The molecule has 31 heteroatoms. The van der Waals surface area contributed by atoms with Gasteiger partial charge in [0.1, 0.15) is 76.6 Å². The Bertz CT molecular complexity index is 2980. The van der Waals surface area contributed by atoms with Gasteiger partial charge in [0.25, 0.3) is 0 Å². The lowest BCUT2D eigenvalue weighted by Crippen LogP contribution is -2.58. The molecule has 0 bridgehead atoms. The van der Waals surface area contributed by atoms with Crippen LogP contribution in [0.5, 0.6) is 11.5 Å². The highest BCUT2D eigenvalue weighted by Crippen LogP contribution is 2.46. The van der Waals surface area contributed by atoms with Crippen molar-refractivity contribution in [1.82, 2.24) is 5.32 Å². The van der Waals surface area contributed by atoms with Crippen molar-refractivity contribution in [2.45, 2.75) is 379 Å². The number of amides is 1. The zero-order chi connectivity index (χ0) is 94.4. The number of unbranched alkanes of at least 4 members (excludes halogenated alkanes) is 6. The summed E-state index contributed by atoms with van der Waals surface area (Å²) >= 11 is 0. The number of carbonyl (C=O) groups is 5. The fraction of sp³-hybridized carbons (Fsp3) is 0.888. The number of aliphatic hydroxyl groups excluding tert-OH is 9. The summed E-state index contributed by atoms with van der Waals surface area (Å²) in [6.07, 6.45) is 12.7. The van der Waals surface area contributed by atoms with Crippen molar-refractivity contribution >= 4 is 29.2 Å². The Morgan fingerprint density at radius 3 is 1.12 bits per heavy atom. The van der Waals surface area contributed by atoms with Crippen LogP contribution in [-0.4, -0.2) is 305 Å². The summed E-state index contributed by atoms with van der Waals surface area (Å²) in [5, 5.41) is 93.3. The fourth-order valence-corrected chi connectivity index (χ4v) is 16.8. The zero-order valence-electron chi connectivity index (χ0n) is 80.6. The highest BCUT2D eigenvalue weighted by molar-refractivity contribution is 5.79. The topological polar surface area (TPSA) is 427 Å². The molecule has 18 atom stereocenters. The number of aliphatic hydroxyl groups is 9. The monoisotopic (exact) mass is 1840 g/mol. The molecular formula is C98H173NO30. The van der Waals surface area contributed by atoms with Gasteiger partial charge < -0.3 is 127 Å². The Morgan fingerprint density at radius 2 is 0.736 bits per heavy atom. The molecule has 0 aliphatic carbocycles. The van der Waals surface area contributed by atoms with Gasteiger partial charge >= 0.3 is 5.97 Å². The van der Waals surface area contributed by atoms with Crippen molar-refractivity contribution in [3.8, 4) is 11.5 Å². The van der Waals surface area contributed by atoms with E-state index < -0.39 is 123 Å². The number of ketones is 3. The number of Topliss-reactive ketones (excluding diaryl/α,β-unsaturated/α-hetero) is 3. The molecule has 31 nitrogen and oxygen atoms in total. The van der Waals surface area contributed by atoms with Crippen molar-refractivity contribution in [3.05, 3.63) is 22.3 Å². The van der Waals surface area contributed by atoms with Crippen LogP contribution >= 0.6 is 0 Å². The SMILES string of the molecule is Cc1c(C)c2c(c(C)c1OC(=O)CCOCCOCCC(=O)NC(COCCCOCCCCC(=O)CCCCOC1OC(CO)C(O)C(O)C1C)(COCCCOCCCCC(=O)CCCCOC1OC(CO)C(O)C(O)C1C)COCCCOCCCCC(=O)CCCCOC1OC(CO)C(O)C(O)C1C)CC[C@@](C)(CCC[C@H](C)CCC[C@H](C)CCCC(C)C)O2. The molecule has 1 amide bonds. The zero-order valence-corrected chi connectivity index (χ0v) is 80.6. The molecule has 5 rings (SSSR count). The van der Waals surface area contributed by atoms with Crippen LogP contribution in [-0.2, 0) is 96.7 Å². The van der Waals surface area contributed by atoms with Crippen LogP contribution in [0.25, 0.3) is 0 Å². The molecule has 1 aromatic rings. The summed E-state index contributed by atoms with van der Waals surface area (Å²) in [6.45, 7) is 26.4. The standard InChI is InChI=1S/C98H173NO30/c1-68(2)30-24-31-69(3)32-25-33-70(4)34-26-44-97(11)45-41-80-73(7)92(71(5)72(6)93(80)129-97)128-85(107)43-59-118-61-60-117-58-42-84(106)99-98(65-119-52-27-49-114-46-18-12-35-77(103)38-15-21-55-122-94-74(8)86(108)89(111)81(62-100)125-94,66-120-53-28-50-115-47-19-13-36-78(104)39-16-22-56-123-95-75(9)87(109)90(112)82(63-101)126-95)67-121-54-29-51-116-48-20-14-37-79(105)40-17-23-57-124-96-76(10)88(110)91(113)83(64-102)127-96/h68-70,74-76,81-83,86-91,94-96,100-102,108-113H,12-67H2,1-11H3,(H,99,106)/t69-,70-,74?,75?,76?,81?,82?,83?,86?,87?,88?,89?,90?,91?,94?,95?,96?,97-,98?/m1/s1. The molecule has 10 N–H and O–H groups in total. The summed E-state index contributed by atoms with van der Waals surface area (Å²) in [4.78, 5) is 65.7. The fourth-order valence-electron chi connectivity index (χ4n) is 16.8. The lowest BCUT2D eigenvalue weighted by Gasteiger charge is -2.40. The van der Waals surface area contributed by atoms with E-state index in [0.717, 1.165) is 65.5 Å². The highest BCUT2D eigenvalue weighted by Gasteiger charge is 2.46. The first-order valence-electron chi connectivity index (χ1n) is 49.2. The quantitative estimate of drug-likeness (QED) is 0.0164. The van der Waals surface area contributed by atoms with Crippen LogP contribution in [0.2, 0.25) is 0 Å². The van der Waals surface area contributed by atoms with Crippen LogP contribution in [0.1, 0.15) is 290 Å². The number of rotatable bonds is 77. The predicted octanol–water partition coefficient (Wildman–Crippen LogP) is 11.0. The van der Waals surface area contributed by atoms with E-state index in [-0.39, 0.29) is 108 Å². The summed E-state index contributed by atoms with van der Waals surface area (Å²) in [5.74, 6) is 1.96. The van der Waals surface area contributed by atoms with E-state index in [0.29, 0.717) is 206 Å². The van der Waals surface area contributed by atoms with Crippen molar-refractivity contribution in [2.75, 3.05) is 145 Å². The summed E-state index contributed by atoms with van der Waals surface area (Å²) in [5.41, 5.74) is 2.47. The van der Waals surface area contributed by atoms with E-state index in [4.69, 9.17) is 75.8 Å². The van der Waals surface area contributed by atoms with Gasteiger partial charge in [-0.25, -0.2) is 0 Å². The average molecular weight is 1850 g/mol. The molecule has 0 radical (unpaired) electrons. The minimum atomic E-state index is -1.20. The van der Waals surface area contributed by atoms with Crippen LogP contribution in [0.3, 0.4) is 0 Å². The molecule has 129 heavy (non-hydrogen) atoms. The number of ether oxygens (including phenoxy) is 16. The first-order chi connectivity index (χ1) is 62.0. The number of carbonyl (C=O) groups excluding carboxylic acids is 5. The molecular weight excluding hydrogens is 1670 g/mol. The number of benzene rings is 1. The van der Waals surface area contributed by atoms with Crippen molar-refractivity contribution < 1.29 is 146 Å². The molecule has 4 aliphatic heterocycles. The molecule has 750 valence electrons. The third-order valence-electron chi connectivity index (χ3n) is 25.6. The number of hydrogen-bond acceptors (Lipinski definition) is 30. The third-order valence-corrected chi connectivity index (χ3v) is 25.6. The predicted molar refractivity (Wildman–Crippen MR) is 486 cm³/mol. The van der Waals surface area contributed by atoms with E-state index >= 15 is 0 Å². The number of esters is 1. The Hall–Kier alpha value is -3.95. The molecule has 1 aromatic carbocycles. The Kier molecular flexibility index (Phi) is 59.6. The van der Waals surface area contributed by atoms with Gasteiger partial charge in [0.15, 0.2) is 18.9 Å². The maximum atomic E-state index is 14.1. The van der Waals surface area contributed by atoms with Crippen molar-refractivity contribution in [3.63, 3.8) is 0 Å². The molecule has 0 aromatic heterocycles. The largest absolute Gasteiger partial charge is 0.487 e. The Labute approximate surface area is 770 Å². The number of nitrogens with one attached hydrogen (secondary N) is 1.